The molecule has 21 heavy (non-hydrogen) atoms. The van der Waals surface area contributed by atoms with Crippen molar-refractivity contribution in [2.75, 3.05) is 11.9 Å². The van der Waals surface area contributed by atoms with Gasteiger partial charge in [-0.05, 0) is 41.6 Å². The molecular formula is C16H26BrN3O. The Bertz CT molecular complexity index is 475. The fourth-order valence-electron chi connectivity index (χ4n) is 2.87. The molecule has 2 rings (SSSR count). The van der Waals surface area contributed by atoms with Crippen LogP contribution in [0.3, 0.4) is 0 Å². The Labute approximate surface area is 136 Å². The molecule has 4 nitrogen and oxygen atoms in total. The number of rotatable bonds is 5. The van der Waals surface area contributed by atoms with Crippen LogP contribution in [0.5, 0.6) is 0 Å². The fraction of sp³-hybridized carbons (Fsp3) is 0.750. The Balaban J connectivity index is 2.11. The average molecular weight is 356 g/mol. The van der Waals surface area contributed by atoms with E-state index in [4.69, 9.17) is 4.74 Å². The molecule has 118 valence electrons. The number of nitrogens with zero attached hydrogens (tertiary/aromatic N) is 2. The minimum absolute atomic E-state index is 0.0288. The summed E-state index contributed by atoms with van der Waals surface area (Å²) in [5, 5.41) is 3.58. The summed E-state index contributed by atoms with van der Waals surface area (Å²) in [5.74, 6) is 2.10. The Morgan fingerprint density at radius 1 is 1.38 bits per heavy atom. The van der Waals surface area contributed by atoms with Crippen molar-refractivity contribution in [3.8, 4) is 0 Å². The number of aromatic nitrogens is 2. The van der Waals surface area contributed by atoms with E-state index in [9.17, 15) is 0 Å². The van der Waals surface area contributed by atoms with Gasteiger partial charge in [0.1, 0.15) is 16.2 Å². The normalized spacial score (nSPS) is 21.5. The van der Waals surface area contributed by atoms with E-state index in [1.807, 2.05) is 6.07 Å². The smallest absolute Gasteiger partial charge is 0.134 e. The van der Waals surface area contributed by atoms with E-state index in [-0.39, 0.29) is 5.60 Å². The van der Waals surface area contributed by atoms with E-state index in [1.165, 1.54) is 0 Å². The highest BCUT2D eigenvalue weighted by Gasteiger charge is 2.34. The van der Waals surface area contributed by atoms with Crippen LogP contribution in [-0.4, -0.2) is 28.2 Å². The van der Waals surface area contributed by atoms with Crippen molar-refractivity contribution in [3.63, 3.8) is 0 Å². The second kappa shape index (κ2) is 7.05. The van der Waals surface area contributed by atoms with Crippen molar-refractivity contribution in [2.24, 2.45) is 0 Å². The predicted molar refractivity (Wildman–Crippen MR) is 89.7 cm³/mol. The number of ether oxygens (including phenoxy) is 1. The summed E-state index contributed by atoms with van der Waals surface area (Å²) in [5.41, 5.74) is 0.0288. The van der Waals surface area contributed by atoms with Gasteiger partial charge in [-0.25, -0.2) is 9.97 Å². The zero-order valence-corrected chi connectivity index (χ0v) is 15.0. The van der Waals surface area contributed by atoms with Crippen LogP contribution < -0.4 is 5.32 Å². The van der Waals surface area contributed by atoms with Crippen LogP contribution in [0.1, 0.15) is 65.1 Å². The first-order valence-corrected chi connectivity index (χ1v) is 8.72. The lowest BCUT2D eigenvalue weighted by Gasteiger charge is -2.40. The maximum absolute atomic E-state index is 6.04. The topological polar surface area (TPSA) is 47.0 Å². The van der Waals surface area contributed by atoms with Crippen LogP contribution in [-0.2, 0) is 4.74 Å². The van der Waals surface area contributed by atoms with E-state index < -0.39 is 0 Å². The van der Waals surface area contributed by atoms with Crippen LogP contribution in [0.4, 0.5) is 5.82 Å². The Hall–Kier alpha value is -0.680. The van der Waals surface area contributed by atoms with Gasteiger partial charge < -0.3 is 10.1 Å². The van der Waals surface area contributed by atoms with E-state index >= 15 is 0 Å². The number of halogens is 1. The quantitative estimate of drug-likeness (QED) is 0.789. The molecule has 1 aromatic heterocycles. The van der Waals surface area contributed by atoms with Crippen LogP contribution >= 0.6 is 15.9 Å². The predicted octanol–water partition coefficient (Wildman–Crippen LogP) is 4.51. The molecule has 1 aliphatic rings. The summed E-state index contributed by atoms with van der Waals surface area (Å²) in [7, 11) is 0. The highest BCUT2D eigenvalue weighted by Crippen LogP contribution is 2.32. The van der Waals surface area contributed by atoms with Gasteiger partial charge in [-0.1, -0.05) is 27.7 Å². The van der Waals surface area contributed by atoms with E-state index in [2.05, 4.69) is 58.9 Å². The lowest BCUT2D eigenvalue weighted by molar-refractivity contribution is -0.0864. The molecule has 5 heteroatoms. The molecule has 1 saturated heterocycles. The monoisotopic (exact) mass is 355 g/mol. The van der Waals surface area contributed by atoms with Gasteiger partial charge in [0.05, 0.1) is 5.60 Å². The van der Waals surface area contributed by atoms with Gasteiger partial charge in [0.15, 0.2) is 0 Å². The van der Waals surface area contributed by atoms with Crippen LogP contribution in [0.25, 0.3) is 0 Å². The SMILES string of the molecule is CCC1(CC)CC(Nc2cc(Br)nc(C(C)C)n2)CCO1. The van der Waals surface area contributed by atoms with Gasteiger partial charge in [-0.15, -0.1) is 0 Å². The average Bonchev–Trinajstić information content (AvgIpc) is 2.46. The molecule has 1 fully saturated rings. The fourth-order valence-corrected chi connectivity index (χ4v) is 3.27. The maximum atomic E-state index is 6.04. The summed E-state index contributed by atoms with van der Waals surface area (Å²) in [6.07, 6.45) is 4.19. The molecule has 0 spiro atoms. The van der Waals surface area contributed by atoms with Crippen molar-refractivity contribution in [2.45, 2.75) is 70.9 Å². The first-order chi connectivity index (χ1) is 9.98. The molecule has 2 heterocycles. The zero-order chi connectivity index (χ0) is 15.5. The van der Waals surface area contributed by atoms with Gasteiger partial charge in [0.25, 0.3) is 0 Å². The van der Waals surface area contributed by atoms with Gasteiger partial charge in [-0.2, -0.15) is 0 Å². The highest BCUT2D eigenvalue weighted by molar-refractivity contribution is 9.10. The van der Waals surface area contributed by atoms with E-state index in [0.29, 0.717) is 12.0 Å². The van der Waals surface area contributed by atoms with Gasteiger partial charge in [-0.3, -0.25) is 0 Å². The second-order valence-electron chi connectivity index (χ2n) is 6.16. The summed E-state index contributed by atoms with van der Waals surface area (Å²) in [4.78, 5) is 9.06. The zero-order valence-electron chi connectivity index (χ0n) is 13.4. The third-order valence-corrected chi connectivity index (χ3v) is 4.77. The molecule has 0 amide bonds. The van der Waals surface area contributed by atoms with Crippen LogP contribution in [0.15, 0.2) is 10.7 Å². The van der Waals surface area contributed by atoms with Crippen molar-refractivity contribution in [1.82, 2.24) is 9.97 Å². The minimum atomic E-state index is 0.0288. The minimum Gasteiger partial charge on any atom is -0.375 e. The van der Waals surface area contributed by atoms with Crippen molar-refractivity contribution >= 4 is 21.7 Å². The summed E-state index contributed by atoms with van der Waals surface area (Å²) >= 11 is 3.48. The lowest BCUT2D eigenvalue weighted by atomic mass is 9.86. The number of nitrogens with one attached hydrogen (secondary N) is 1. The Morgan fingerprint density at radius 2 is 2.10 bits per heavy atom. The number of hydrogen-bond acceptors (Lipinski definition) is 4. The van der Waals surface area contributed by atoms with Gasteiger partial charge in [0.2, 0.25) is 0 Å². The van der Waals surface area contributed by atoms with E-state index in [0.717, 1.165) is 48.5 Å². The molecule has 1 unspecified atom stereocenters. The Kier molecular flexibility index (Phi) is 5.60. The Morgan fingerprint density at radius 3 is 2.71 bits per heavy atom. The van der Waals surface area contributed by atoms with Gasteiger partial charge >= 0.3 is 0 Å². The molecular weight excluding hydrogens is 330 g/mol. The van der Waals surface area contributed by atoms with Crippen molar-refractivity contribution in [3.05, 3.63) is 16.5 Å². The molecule has 1 aliphatic heterocycles. The lowest BCUT2D eigenvalue weighted by Crippen LogP contribution is -2.43. The molecule has 0 bridgehead atoms. The molecule has 0 aromatic carbocycles. The van der Waals surface area contributed by atoms with Crippen molar-refractivity contribution < 1.29 is 4.74 Å². The van der Waals surface area contributed by atoms with Gasteiger partial charge in [0, 0.05) is 24.6 Å². The highest BCUT2D eigenvalue weighted by atomic mass is 79.9. The molecule has 0 aliphatic carbocycles. The van der Waals surface area contributed by atoms with Crippen LogP contribution in [0, 0.1) is 0 Å². The summed E-state index contributed by atoms with van der Waals surface area (Å²) in [6, 6.07) is 2.38. The first kappa shape index (κ1) is 16.7. The standard InChI is InChI=1S/C16H26BrN3O/c1-5-16(6-2)10-12(7-8-21-16)18-14-9-13(17)19-15(20-14)11(3)4/h9,11-12H,5-8,10H2,1-4H3,(H,18,19,20). The maximum Gasteiger partial charge on any atom is 0.134 e. The molecule has 1 aromatic rings. The van der Waals surface area contributed by atoms with Crippen LogP contribution in [0.2, 0.25) is 0 Å². The third-order valence-electron chi connectivity index (χ3n) is 4.36. The first-order valence-electron chi connectivity index (χ1n) is 7.93. The molecule has 1 atom stereocenters. The van der Waals surface area contributed by atoms with E-state index in [1.54, 1.807) is 0 Å². The number of hydrogen-bond donors (Lipinski definition) is 1. The molecule has 1 N–H and O–H groups in total. The third kappa shape index (κ3) is 4.16. The molecule has 0 radical (unpaired) electrons. The largest absolute Gasteiger partial charge is 0.375 e. The van der Waals surface area contributed by atoms with Crippen molar-refractivity contribution in [1.29, 1.82) is 0 Å². The molecule has 0 saturated carbocycles. The summed E-state index contributed by atoms with van der Waals surface area (Å²) in [6.45, 7) is 9.47. The number of anilines is 1. The summed E-state index contributed by atoms with van der Waals surface area (Å²) < 4.78 is 6.88. The second-order valence-corrected chi connectivity index (χ2v) is 6.97.